The molecular weight excluding hydrogens is 535 g/mol. The molecule has 0 atom stereocenters. The van der Waals surface area contributed by atoms with Crippen LogP contribution in [0.4, 0.5) is 11.5 Å². The SMILES string of the molecule is O=C([O-])c1ccc(Oc2ccc(Nc3cccc4ccc(S(=O)(=O)[O-])cc34)nn2)c(C(=O)[O-])c1.[Na+].[Na+].[Na+]. The fourth-order valence-corrected chi connectivity index (χ4v) is 3.61. The van der Waals surface area contributed by atoms with Crippen molar-refractivity contribution < 1.29 is 126 Å². The number of carboxylic acid groups (broad SMARTS) is 2. The molecule has 0 saturated heterocycles. The van der Waals surface area contributed by atoms with E-state index in [1.54, 1.807) is 18.2 Å². The Hall–Kier alpha value is -1.55. The number of carbonyl (C=O) groups excluding carboxylic acids is 2. The number of nitrogens with one attached hydrogen (secondary N) is 1. The van der Waals surface area contributed by atoms with Crippen LogP contribution in [0, 0.1) is 0 Å². The second kappa shape index (κ2) is 14.0. The summed E-state index contributed by atoms with van der Waals surface area (Å²) in [5.41, 5.74) is -0.408. The van der Waals surface area contributed by atoms with E-state index in [0.717, 1.165) is 18.2 Å². The smallest absolute Gasteiger partial charge is 0.744 e. The predicted molar refractivity (Wildman–Crippen MR) is 112 cm³/mol. The summed E-state index contributed by atoms with van der Waals surface area (Å²) >= 11 is 0. The summed E-state index contributed by atoms with van der Waals surface area (Å²) in [5.74, 6) is -3.27. The van der Waals surface area contributed by atoms with E-state index in [1.807, 2.05) is 0 Å². The fraction of sp³-hybridized carbons (Fsp3) is 0. The Bertz CT molecular complexity index is 1550. The van der Waals surface area contributed by atoms with Crippen LogP contribution in [0.25, 0.3) is 10.8 Å². The Morgan fingerprint density at radius 2 is 1.57 bits per heavy atom. The second-order valence-electron chi connectivity index (χ2n) is 6.91. The van der Waals surface area contributed by atoms with Gasteiger partial charge in [0.1, 0.15) is 15.9 Å². The van der Waals surface area contributed by atoms with E-state index in [2.05, 4.69) is 15.5 Å². The molecule has 15 heteroatoms. The van der Waals surface area contributed by atoms with Crippen LogP contribution in [-0.4, -0.2) is 35.1 Å². The zero-order chi connectivity index (χ0) is 24.5. The van der Waals surface area contributed by atoms with Crippen molar-refractivity contribution in [2.45, 2.75) is 4.90 Å². The van der Waals surface area contributed by atoms with Crippen molar-refractivity contribution in [3.8, 4) is 11.6 Å². The summed E-state index contributed by atoms with van der Waals surface area (Å²) < 4.78 is 39.5. The second-order valence-corrected chi connectivity index (χ2v) is 8.29. The molecule has 0 unspecified atom stereocenters. The first kappa shape index (κ1) is 33.5. The molecular formula is C22H12N3Na3O8S. The summed E-state index contributed by atoms with van der Waals surface area (Å²) in [4.78, 5) is 21.9. The van der Waals surface area contributed by atoms with Crippen molar-refractivity contribution in [3.63, 3.8) is 0 Å². The number of carboxylic acids is 2. The van der Waals surface area contributed by atoms with Crippen LogP contribution in [0.15, 0.2) is 71.6 Å². The van der Waals surface area contributed by atoms with Crippen LogP contribution in [0.2, 0.25) is 0 Å². The molecule has 0 aliphatic carbocycles. The molecule has 0 aliphatic heterocycles. The largest absolute Gasteiger partial charge is 1.00 e. The maximum Gasteiger partial charge on any atom is 1.00 e. The van der Waals surface area contributed by atoms with Gasteiger partial charge in [-0.25, -0.2) is 8.42 Å². The molecule has 172 valence electrons. The molecule has 37 heavy (non-hydrogen) atoms. The number of anilines is 2. The van der Waals surface area contributed by atoms with Gasteiger partial charge in [0.05, 0.1) is 16.8 Å². The third-order valence-corrected chi connectivity index (χ3v) is 5.53. The van der Waals surface area contributed by atoms with Crippen LogP contribution in [0.5, 0.6) is 11.6 Å². The van der Waals surface area contributed by atoms with Gasteiger partial charge in [-0.15, -0.1) is 10.2 Å². The van der Waals surface area contributed by atoms with Gasteiger partial charge in [0.2, 0.25) is 5.88 Å². The number of ether oxygens (including phenoxy) is 1. The van der Waals surface area contributed by atoms with Gasteiger partial charge in [0.15, 0.2) is 5.82 Å². The molecule has 0 fully saturated rings. The normalized spacial score (nSPS) is 10.3. The number of rotatable bonds is 7. The Morgan fingerprint density at radius 3 is 2.16 bits per heavy atom. The van der Waals surface area contributed by atoms with Gasteiger partial charge in [-0.1, -0.05) is 18.2 Å². The van der Waals surface area contributed by atoms with E-state index < -0.39 is 27.6 Å². The quantitative estimate of drug-likeness (QED) is 0.171. The maximum absolute atomic E-state index is 11.4. The number of aromatic carboxylic acids is 2. The molecule has 4 aromatic rings. The minimum absolute atomic E-state index is 0. The van der Waals surface area contributed by atoms with E-state index in [9.17, 15) is 32.8 Å². The maximum atomic E-state index is 11.4. The predicted octanol–water partition coefficient (Wildman–Crippen LogP) is -8.19. The molecule has 0 bridgehead atoms. The summed E-state index contributed by atoms with van der Waals surface area (Å²) in [6.07, 6.45) is 0. The minimum Gasteiger partial charge on any atom is -0.744 e. The zero-order valence-electron chi connectivity index (χ0n) is 19.9. The van der Waals surface area contributed by atoms with Gasteiger partial charge in [-0.05, 0) is 53.4 Å². The van der Waals surface area contributed by atoms with Crippen LogP contribution < -0.4 is 109 Å². The fourth-order valence-electron chi connectivity index (χ4n) is 3.11. The molecule has 1 heterocycles. The average molecular weight is 547 g/mol. The van der Waals surface area contributed by atoms with Crippen molar-refractivity contribution in [1.82, 2.24) is 10.2 Å². The molecule has 0 radical (unpaired) electrons. The number of benzene rings is 3. The average Bonchev–Trinajstić information content (AvgIpc) is 2.79. The van der Waals surface area contributed by atoms with Gasteiger partial charge < -0.3 is 34.4 Å². The van der Waals surface area contributed by atoms with Gasteiger partial charge in [-0.2, -0.15) is 0 Å². The molecule has 3 aromatic carbocycles. The van der Waals surface area contributed by atoms with Gasteiger partial charge in [0.25, 0.3) is 0 Å². The molecule has 0 spiro atoms. The summed E-state index contributed by atoms with van der Waals surface area (Å²) in [6, 6.07) is 15.0. The van der Waals surface area contributed by atoms with E-state index in [4.69, 9.17) is 4.74 Å². The number of nitrogens with zero attached hydrogens (tertiary/aromatic N) is 2. The van der Waals surface area contributed by atoms with E-state index >= 15 is 0 Å². The number of hydrogen-bond donors (Lipinski definition) is 1. The monoisotopic (exact) mass is 547 g/mol. The summed E-state index contributed by atoms with van der Waals surface area (Å²) in [7, 11) is -4.64. The van der Waals surface area contributed by atoms with E-state index in [-0.39, 0.29) is 117 Å². The van der Waals surface area contributed by atoms with Crippen molar-refractivity contribution >= 4 is 44.3 Å². The van der Waals surface area contributed by atoms with E-state index in [1.165, 1.54) is 30.3 Å². The Kier molecular flexibility index (Phi) is 12.7. The van der Waals surface area contributed by atoms with Crippen LogP contribution in [0.1, 0.15) is 20.7 Å². The van der Waals surface area contributed by atoms with Crippen LogP contribution in [0.3, 0.4) is 0 Å². The topological polar surface area (TPSA) is 184 Å². The number of aromatic nitrogens is 2. The Morgan fingerprint density at radius 1 is 0.838 bits per heavy atom. The van der Waals surface area contributed by atoms with E-state index in [0.29, 0.717) is 16.5 Å². The summed E-state index contributed by atoms with van der Waals surface area (Å²) in [5, 5.41) is 34.2. The summed E-state index contributed by atoms with van der Waals surface area (Å²) in [6.45, 7) is 0. The number of hydrogen-bond acceptors (Lipinski definition) is 11. The standard InChI is InChI=1S/C22H15N3O8S.3Na/c26-21(27)13-5-7-18(16(10-13)22(28)29)33-20-9-8-19(24-25-20)23-17-3-1-2-12-4-6-14(11-15(12)17)34(30,31)32;;;/h1-11H,(H,23,24)(H,26,27)(H,28,29)(H,30,31,32);;;/q;3*+1/p-3. The molecule has 4 rings (SSSR count). The first-order valence-corrected chi connectivity index (χ1v) is 10.9. The first-order valence-electron chi connectivity index (χ1n) is 9.46. The van der Waals surface area contributed by atoms with Crippen molar-refractivity contribution in [3.05, 3.63) is 77.9 Å². The van der Waals surface area contributed by atoms with Gasteiger partial charge >= 0.3 is 88.7 Å². The number of fused-ring (bicyclic) bond motifs is 1. The molecule has 0 aliphatic rings. The zero-order valence-corrected chi connectivity index (χ0v) is 26.7. The third-order valence-electron chi connectivity index (χ3n) is 4.69. The number of carbonyl (C=O) groups is 2. The molecule has 0 saturated carbocycles. The van der Waals surface area contributed by atoms with Crippen molar-refractivity contribution in [2.75, 3.05) is 5.32 Å². The molecule has 11 nitrogen and oxygen atoms in total. The Balaban J connectivity index is 0.00000228. The Labute approximate surface area is 277 Å². The van der Waals surface area contributed by atoms with Crippen molar-refractivity contribution in [1.29, 1.82) is 0 Å². The van der Waals surface area contributed by atoms with Gasteiger partial charge in [-0.3, -0.25) is 0 Å². The van der Waals surface area contributed by atoms with Crippen LogP contribution in [-0.2, 0) is 10.1 Å². The molecule has 1 aromatic heterocycles. The van der Waals surface area contributed by atoms with Crippen LogP contribution >= 0.6 is 0 Å². The first-order chi connectivity index (χ1) is 16.1. The third kappa shape index (κ3) is 8.22. The minimum atomic E-state index is -4.64. The molecule has 1 N–H and O–H groups in total. The van der Waals surface area contributed by atoms with Crippen molar-refractivity contribution in [2.24, 2.45) is 0 Å². The molecule has 0 amide bonds. The van der Waals surface area contributed by atoms with Gasteiger partial charge in [0, 0.05) is 22.7 Å².